The maximum atomic E-state index is 13.2. The molecular formula is C12H14F3N. The molecule has 0 atom stereocenters. The smallest absolute Gasteiger partial charge is 0.161 e. The van der Waals surface area contributed by atoms with Crippen LogP contribution in [0.15, 0.2) is 12.1 Å². The van der Waals surface area contributed by atoms with Gasteiger partial charge in [-0.25, -0.2) is 13.2 Å². The van der Waals surface area contributed by atoms with Crippen LogP contribution >= 0.6 is 0 Å². The molecule has 1 aromatic carbocycles. The normalized spacial score (nSPS) is 16.7. The minimum atomic E-state index is -1.15. The number of anilines is 1. The van der Waals surface area contributed by atoms with Crippen LogP contribution in [0, 0.1) is 23.4 Å². The van der Waals surface area contributed by atoms with E-state index in [4.69, 9.17) is 0 Å². The molecule has 0 heterocycles. The second-order valence-electron chi connectivity index (χ2n) is 4.28. The van der Waals surface area contributed by atoms with E-state index in [1.54, 1.807) is 0 Å². The van der Waals surface area contributed by atoms with Gasteiger partial charge in [-0.2, -0.15) is 0 Å². The first kappa shape index (κ1) is 11.3. The van der Waals surface area contributed by atoms with E-state index >= 15 is 0 Å². The lowest BCUT2D eigenvalue weighted by atomic mass is 10.1. The third-order valence-electron chi connectivity index (χ3n) is 3.07. The summed E-state index contributed by atoms with van der Waals surface area (Å²) in [5.41, 5.74) is 0.0470. The highest BCUT2D eigenvalue weighted by atomic mass is 19.2. The Hall–Kier alpha value is -1.19. The summed E-state index contributed by atoms with van der Waals surface area (Å²) in [6.45, 7) is 0.627. The van der Waals surface area contributed by atoms with Crippen LogP contribution < -0.4 is 5.32 Å². The van der Waals surface area contributed by atoms with Crippen molar-refractivity contribution in [1.29, 1.82) is 0 Å². The molecule has 0 amide bonds. The second kappa shape index (κ2) is 4.76. The Morgan fingerprint density at radius 3 is 2.31 bits per heavy atom. The van der Waals surface area contributed by atoms with Crippen molar-refractivity contribution < 1.29 is 13.2 Å². The van der Waals surface area contributed by atoms with Gasteiger partial charge in [0.15, 0.2) is 11.6 Å². The number of hydrogen-bond donors (Lipinski definition) is 1. The Morgan fingerprint density at radius 1 is 1.00 bits per heavy atom. The van der Waals surface area contributed by atoms with E-state index in [2.05, 4.69) is 5.32 Å². The molecular weight excluding hydrogens is 215 g/mol. The highest BCUT2D eigenvalue weighted by Gasteiger charge is 2.16. The first-order valence-corrected chi connectivity index (χ1v) is 5.55. The van der Waals surface area contributed by atoms with Crippen molar-refractivity contribution in [3.8, 4) is 0 Å². The first-order valence-electron chi connectivity index (χ1n) is 5.55. The Labute approximate surface area is 92.7 Å². The van der Waals surface area contributed by atoms with Crippen molar-refractivity contribution in [2.45, 2.75) is 25.7 Å². The summed E-state index contributed by atoms with van der Waals surface area (Å²) < 4.78 is 38.8. The fourth-order valence-electron chi connectivity index (χ4n) is 2.13. The van der Waals surface area contributed by atoms with Gasteiger partial charge in [-0.3, -0.25) is 0 Å². The summed E-state index contributed by atoms with van der Waals surface area (Å²) in [5, 5.41) is 2.84. The van der Waals surface area contributed by atoms with Crippen molar-refractivity contribution in [2.24, 2.45) is 5.92 Å². The summed E-state index contributed by atoms with van der Waals surface area (Å²) >= 11 is 0. The topological polar surface area (TPSA) is 12.0 Å². The minimum absolute atomic E-state index is 0.0470. The largest absolute Gasteiger partial charge is 0.382 e. The molecule has 2 rings (SSSR count). The first-order chi connectivity index (χ1) is 7.66. The number of rotatable bonds is 3. The molecule has 1 nitrogen and oxygen atoms in total. The lowest BCUT2D eigenvalue weighted by Gasteiger charge is -2.12. The van der Waals surface area contributed by atoms with E-state index in [0.717, 1.165) is 18.9 Å². The SMILES string of the molecule is Fc1cc(F)c(NCC2CCCC2)cc1F. The summed E-state index contributed by atoms with van der Waals surface area (Å²) in [6, 6.07) is 1.45. The zero-order valence-corrected chi connectivity index (χ0v) is 8.90. The van der Waals surface area contributed by atoms with Crippen molar-refractivity contribution in [3.05, 3.63) is 29.6 Å². The molecule has 0 spiro atoms. The molecule has 4 heteroatoms. The highest BCUT2D eigenvalue weighted by molar-refractivity contribution is 5.45. The molecule has 1 aliphatic carbocycles. The summed E-state index contributed by atoms with van der Waals surface area (Å²) in [4.78, 5) is 0. The maximum absolute atomic E-state index is 13.2. The summed E-state index contributed by atoms with van der Waals surface area (Å²) in [5.74, 6) is -2.39. The van der Waals surface area contributed by atoms with Crippen LogP contribution in [0.1, 0.15) is 25.7 Å². The highest BCUT2D eigenvalue weighted by Crippen LogP contribution is 2.26. The third-order valence-corrected chi connectivity index (χ3v) is 3.07. The fourth-order valence-corrected chi connectivity index (χ4v) is 2.13. The molecule has 1 N–H and O–H groups in total. The number of benzene rings is 1. The number of nitrogens with one attached hydrogen (secondary N) is 1. The molecule has 0 bridgehead atoms. The monoisotopic (exact) mass is 229 g/mol. The van der Waals surface area contributed by atoms with Crippen LogP contribution in [0.3, 0.4) is 0 Å². The van der Waals surface area contributed by atoms with Gasteiger partial charge < -0.3 is 5.32 Å². The molecule has 0 radical (unpaired) electrons. The van der Waals surface area contributed by atoms with Crippen LogP contribution in [0.2, 0.25) is 0 Å². The van der Waals surface area contributed by atoms with E-state index in [0.29, 0.717) is 18.5 Å². The maximum Gasteiger partial charge on any atom is 0.161 e. The molecule has 1 aliphatic rings. The van der Waals surface area contributed by atoms with Gasteiger partial charge in [-0.1, -0.05) is 12.8 Å². The van der Waals surface area contributed by atoms with Crippen LogP contribution in [0.25, 0.3) is 0 Å². The van der Waals surface area contributed by atoms with Crippen LogP contribution in [0.5, 0.6) is 0 Å². The summed E-state index contributed by atoms with van der Waals surface area (Å²) in [6.07, 6.45) is 4.65. The second-order valence-corrected chi connectivity index (χ2v) is 4.28. The van der Waals surface area contributed by atoms with Crippen molar-refractivity contribution in [2.75, 3.05) is 11.9 Å². The zero-order chi connectivity index (χ0) is 11.5. The van der Waals surface area contributed by atoms with Gasteiger partial charge in [-0.15, -0.1) is 0 Å². The van der Waals surface area contributed by atoms with E-state index in [1.807, 2.05) is 0 Å². The predicted molar refractivity (Wildman–Crippen MR) is 56.8 cm³/mol. The van der Waals surface area contributed by atoms with Crippen LogP contribution in [0.4, 0.5) is 18.9 Å². The van der Waals surface area contributed by atoms with Gasteiger partial charge in [0.05, 0.1) is 5.69 Å². The Balaban J connectivity index is 2.00. The predicted octanol–water partition coefficient (Wildman–Crippen LogP) is 3.71. The summed E-state index contributed by atoms with van der Waals surface area (Å²) in [7, 11) is 0. The fraction of sp³-hybridized carbons (Fsp3) is 0.500. The van der Waals surface area contributed by atoms with E-state index in [-0.39, 0.29) is 5.69 Å². The van der Waals surface area contributed by atoms with E-state index < -0.39 is 17.5 Å². The van der Waals surface area contributed by atoms with Crippen molar-refractivity contribution in [3.63, 3.8) is 0 Å². The molecule has 88 valence electrons. The lowest BCUT2D eigenvalue weighted by Crippen LogP contribution is -2.12. The minimum Gasteiger partial charge on any atom is -0.382 e. The van der Waals surface area contributed by atoms with Gasteiger partial charge in [0, 0.05) is 18.7 Å². The Morgan fingerprint density at radius 2 is 1.62 bits per heavy atom. The van der Waals surface area contributed by atoms with Crippen molar-refractivity contribution >= 4 is 5.69 Å². The zero-order valence-electron chi connectivity index (χ0n) is 8.90. The lowest BCUT2D eigenvalue weighted by molar-refractivity contribution is 0.495. The molecule has 16 heavy (non-hydrogen) atoms. The van der Waals surface area contributed by atoms with Gasteiger partial charge >= 0.3 is 0 Å². The molecule has 1 saturated carbocycles. The van der Waals surface area contributed by atoms with Crippen LogP contribution in [-0.2, 0) is 0 Å². The molecule has 1 fully saturated rings. The van der Waals surface area contributed by atoms with Gasteiger partial charge in [0.2, 0.25) is 0 Å². The van der Waals surface area contributed by atoms with Crippen molar-refractivity contribution in [1.82, 2.24) is 0 Å². The third kappa shape index (κ3) is 2.49. The van der Waals surface area contributed by atoms with Gasteiger partial charge in [-0.05, 0) is 18.8 Å². The van der Waals surface area contributed by atoms with E-state index in [1.165, 1.54) is 12.8 Å². The average Bonchev–Trinajstić information content (AvgIpc) is 2.74. The Kier molecular flexibility index (Phi) is 3.36. The molecule has 1 aromatic rings. The molecule has 0 aromatic heterocycles. The Bertz CT molecular complexity index is 373. The standard InChI is InChI=1S/C12H14F3N/c13-9-5-11(15)12(6-10(9)14)16-7-8-3-1-2-4-8/h5-6,8,16H,1-4,7H2. The van der Waals surface area contributed by atoms with Crippen LogP contribution in [-0.4, -0.2) is 6.54 Å². The number of hydrogen-bond acceptors (Lipinski definition) is 1. The average molecular weight is 229 g/mol. The molecule has 0 unspecified atom stereocenters. The van der Waals surface area contributed by atoms with Gasteiger partial charge in [0.1, 0.15) is 5.82 Å². The molecule has 0 saturated heterocycles. The molecule has 0 aliphatic heterocycles. The number of halogens is 3. The van der Waals surface area contributed by atoms with Gasteiger partial charge in [0.25, 0.3) is 0 Å². The quantitative estimate of drug-likeness (QED) is 0.779. The van der Waals surface area contributed by atoms with E-state index in [9.17, 15) is 13.2 Å².